The van der Waals surface area contributed by atoms with Crippen molar-refractivity contribution in [2.45, 2.75) is 45.1 Å². The van der Waals surface area contributed by atoms with Crippen LogP contribution in [0.15, 0.2) is 0 Å². The van der Waals surface area contributed by atoms with E-state index in [0.717, 1.165) is 25.2 Å². The molecule has 0 aromatic rings. The third-order valence-corrected chi connectivity index (χ3v) is 4.17. The molecule has 0 aromatic carbocycles. The molecule has 0 aliphatic carbocycles. The predicted molar refractivity (Wildman–Crippen MR) is 71.3 cm³/mol. The van der Waals surface area contributed by atoms with Gasteiger partial charge in [-0.15, -0.1) is 0 Å². The average molecular weight is 240 g/mol. The summed E-state index contributed by atoms with van der Waals surface area (Å²) < 4.78 is 5.46. The Bertz CT molecular complexity index is 198. The van der Waals surface area contributed by atoms with Crippen molar-refractivity contribution in [2.75, 3.05) is 39.4 Å². The molecule has 2 fully saturated rings. The number of rotatable bonds is 5. The third-order valence-electron chi connectivity index (χ3n) is 4.17. The van der Waals surface area contributed by atoms with Gasteiger partial charge >= 0.3 is 0 Å². The molecular formula is C14H28N2O. The summed E-state index contributed by atoms with van der Waals surface area (Å²) in [6.07, 6.45) is 6.50. The first kappa shape index (κ1) is 13.3. The van der Waals surface area contributed by atoms with Crippen molar-refractivity contribution in [3.8, 4) is 0 Å². The molecule has 100 valence electrons. The first-order chi connectivity index (χ1) is 8.40. The Balaban J connectivity index is 1.81. The Hall–Kier alpha value is -0.120. The first-order valence-corrected chi connectivity index (χ1v) is 7.42. The van der Waals surface area contributed by atoms with Crippen molar-refractivity contribution in [1.29, 1.82) is 0 Å². The molecule has 0 saturated carbocycles. The Morgan fingerprint density at radius 3 is 2.47 bits per heavy atom. The Labute approximate surface area is 106 Å². The molecule has 0 bridgehead atoms. The van der Waals surface area contributed by atoms with E-state index in [2.05, 4.69) is 17.1 Å². The van der Waals surface area contributed by atoms with Crippen LogP contribution >= 0.6 is 0 Å². The Morgan fingerprint density at radius 1 is 1.12 bits per heavy atom. The second-order valence-electron chi connectivity index (χ2n) is 5.53. The minimum absolute atomic E-state index is 0.832. The fourth-order valence-corrected chi connectivity index (χ4v) is 3.14. The fraction of sp³-hybridized carbons (Fsp3) is 1.00. The lowest BCUT2D eigenvalue weighted by molar-refractivity contribution is 0.0417. The standard InChI is InChI=1S/C14H28N2O/c1-2-9-16(14-3-7-15-8-4-14)12-13-5-10-17-11-6-13/h13-15H,2-12H2,1H3. The molecule has 0 spiro atoms. The van der Waals surface area contributed by atoms with Crippen LogP contribution in [0.2, 0.25) is 0 Å². The molecule has 3 heteroatoms. The third kappa shape index (κ3) is 4.23. The van der Waals surface area contributed by atoms with Crippen molar-refractivity contribution in [3.63, 3.8) is 0 Å². The van der Waals surface area contributed by atoms with Crippen LogP contribution in [0.25, 0.3) is 0 Å². The summed E-state index contributed by atoms with van der Waals surface area (Å²) in [4.78, 5) is 2.76. The van der Waals surface area contributed by atoms with Gasteiger partial charge in [0.25, 0.3) is 0 Å². The highest BCUT2D eigenvalue weighted by atomic mass is 16.5. The largest absolute Gasteiger partial charge is 0.381 e. The van der Waals surface area contributed by atoms with Crippen LogP contribution in [0.3, 0.4) is 0 Å². The molecule has 2 heterocycles. The SMILES string of the molecule is CCCN(CC1CCOCC1)C1CCNCC1. The lowest BCUT2D eigenvalue weighted by atomic mass is 9.96. The lowest BCUT2D eigenvalue weighted by Crippen LogP contribution is -2.45. The lowest BCUT2D eigenvalue weighted by Gasteiger charge is -2.37. The molecule has 1 N–H and O–H groups in total. The smallest absolute Gasteiger partial charge is 0.0469 e. The summed E-state index contributed by atoms with van der Waals surface area (Å²) in [5.41, 5.74) is 0. The minimum Gasteiger partial charge on any atom is -0.381 e. The van der Waals surface area contributed by atoms with Crippen LogP contribution < -0.4 is 5.32 Å². The van der Waals surface area contributed by atoms with E-state index >= 15 is 0 Å². The Morgan fingerprint density at radius 2 is 1.82 bits per heavy atom. The monoisotopic (exact) mass is 240 g/mol. The maximum absolute atomic E-state index is 5.46. The number of hydrogen-bond acceptors (Lipinski definition) is 3. The Kier molecular flexibility index (Phi) is 5.75. The highest BCUT2D eigenvalue weighted by molar-refractivity contribution is 4.80. The number of piperidine rings is 1. The van der Waals surface area contributed by atoms with Gasteiger partial charge < -0.3 is 15.0 Å². The molecule has 0 amide bonds. The van der Waals surface area contributed by atoms with Crippen molar-refractivity contribution in [1.82, 2.24) is 10.2 Å². The van der Waals surface area contributed by atoms with E-state index in [-0.39, 0.29) is 0 Å². The van der Waals surface area contributed by atoms with Crippen LogP contribution in [-0.2, 0) is 4.74 Å². The van der Waals surface area contributed by atoms with Crippen LogP contribution in [0.1, 0.15) is 39.0 Å². The molecule has 0 unspecified atom stereocenters. The van der Waals surface area contributed by atoms with E-state index in [1.807, 2.05) is 0 Å². The highest BCUT2D eigenvalue weighted by Gasteiger charge is 2.24. The maximum Gasteiger partial charge on any atom is 0.0469 e. The predicted octanol–water partition coefficient (Wildman–Crippen LogP) is 1.88. The van der Waals surface area contributed by atoms with Gasteiger partial charge in [-0.05, 0) is 57.7 Å². The van der Waals surface area contributed by atoms with Gasteiger partial charge in [-0.2, -0.15) is 0 Å². The fourth-order valence-electron chi connectivity index (χ4n) is 3.14. The molecule has 17 heavy (non-hydrogen) atoms. The molecule has 0 aromatic heterocycles. The van der Waals surface area contributed by atoms with E-state index < -0.39 is 0 Å². The molecule has 0 atom stereocenters. The molecule has 2 aliphatic heterocycles. The molecule has 2 aliphatic rings. The van der Waals surface area contributed by atoms with Crippen LogP contribution in [-0.4, -0.2) is 50.3 Å². The summed E-state index contributed by atoms with van der Waals surface area (Å²) >= 11 is 0. The van der Waals surface area contributed by atoms with E-state index in [0.29, 0.717) is 0 Å². The normalized spacial score (nSPS) is 24.4. The number of hydrogen-bond donors (Lipinski definition) is 1. The van der Waals surface area contributed by atoms with E-state index in [4.69, 9.17) is 4.74 Å². The van der Waals surface area contributed by atoms with Gasteiger partial charge in [0.1, 0.15) is 0 Å². The van der Waals surface area contributed by atoms with Gasteiger partial charge in [-0.1, -0.05) is 6.92 Å². The topological polar surface area (TPSA) is 24.5 Å². The van der Waals surface area contributed by atoms with Gasteiger partial charge in [0.2, 0.25) is 0 Å². The highest BCUT2D eigenvalue weighted by Crippen LogP contribution is 2.20. The minimum atomic E-state index is 0.832. The summed E-state index contributed by atoms with van der Waals surface area (Å²) in [5, 5.41) is 3.47. The summed E-state index contributed by atoms with van der Waals surface area (Å²) in [7, 11) is 0. The van der Waals surface area contributed by atoms with Gasteiger partial charge in [-0.25, -0.2) is 0 Å². The number of nitrogens with zero attached hydrogens (tertiary/aromatic N) is 1. The van der Waals surface area contributed by atoms with Gasteiger partial charge in [0, 0.05) is 25.8 Å². The quantitative estimate of drug-likeness (QED) is 0.794. The zero-order chi connectivity index (χ0) is 11.9. The second-order valence-corrected chi connectivity index (χ2v) is 5.53. The van der Waals surface area contributed by atoms with Crippen molar-refractivity contribution >= 4 is 0 Å². The van der Waals surface area contributed by atoms with E-state index in [1.54, 1.807) is 0 Å². The number of ether oxygens (including phenoxy) is 1. The van der Waals surface area contributed by atoms with Crippen molar-refractivity contribution in [3.05, 3.63) is 0 Å². The number of nitrogens with one attached hydrogen (secondary N) is 1. The summed E-state index contributed by atoms with van der Waals surface area (Å²) in [5.74, 6) is 0.880. The summed E-state index contributed by atoms with van der Waals surface area (Å²) in [6.45, 7) is 9.27. The second kappa shape index (κ2) is 7.34. The molecule has 0 radical (unpaired) electrons. The zero-order valence-corrected chi connectivity index (χ0v) is 11.3. The molecule has 2 rings (SSSR count). The van der Waals surface area contributed by atoms with Crippen molar-refractivity contribution in [2.24, 2.45) is 5.92 Å². The summed E-state index contributed by atoms with van der Waals surface area (Å²) in [6, 6.07) is 0.832. The van der Waals surface area contributed by atoms with Gasteiger partial charge in [-0.3, -0.25) is 0 Å². The first-order valence-electron chi connectivity index (χ1n) is 7.42. The van der Waals surface area contributed by atoms with Gasteiger partial charge in [0.15, 0.2) is 0 Å². The van der Waals surface area contributed by atoms with Crippen LogP contribution in [0.5, 0.6) is 0 Å². The average Bonchev–Trinajstić information content (AvgIpc) is 2.40. The molecule has 3 nitrogen and oxygen atoms in total. The van der Waals surface area contributed by atoms with Crippen LogP contribution in [0.4, 0.5) is 0 Å². The maximum atomic E-state index is 5.46. The molecule has 2 saturated heterocycles. The van der Waals surface area contributed by atoms with E-state index in [1.165, 1.54) is 58.3 Å². The molecular weight excluding hydrogens is 212 g/mol. The van der Waals surface area contributed by atoms with Crippen LogP contribution in [0, 0.1) is 5.92 Å². The van der Waals surface area contributed by atoms with Gasteiger partial charge in [0.05, 0.1) is 0 Å². The van der Waals surface area contributed by atoms with Crippen molar-refractivity contribution < 1.29 is 4.74 Å². The zero-order valence-electron chi connectivity index (χ0n) is 11.3. The van der Waals surface area contributed by atoms with E-state index in [9.17, 15) is 0 Å².